The van der Waals surface area contributed by atoms with E-state index in [9.17, 15) is 5.11 Å². The highest BCUT2D eigenvalue weighted by Gasteiger charge is 2.08. The van der Waals surface area contributed by atoms with Gasteiger partial charge in [-0.15, -0.1) is 0 Å². The molecule has 1 atom stereocenters. The van der Waals surface area contributed by atoms with Crippen molar-refractivity contribution in [3.8, 4) is 5.75 Å². The molecule has 0 saturated carbocycles. The molecule has 3 nitrogen and oxygen atoms in total. The van der Waals surface area contributed by atoms with Crippen LogP contribution in [0.2, 0.25) is 0 Å². The van der Waals surface area contributed by atoms with Gasteiger partial charge in [0.2, 0.25) is 0 Å². The van der Waals surface area contributed by atoms with Gasteiger partial charge in [-0.2, -0.15) is 0 Å². The molecule has 19 heavy (non-hydrogen) atoms. The molecule has 0 saturated heterocycles. The van der Waals surface area contributed by atoms with Crippen LogP contribution in [0.1, 0.15) is 24.5 Å². The SMILES string of the molecule is COCCCC(O)c1ccc2cc(OC)ccc2c1. The summed E-state index contributed by atoms with van der Waals surface area (Å²) in [7, 11) is 3.34. The van der Waals surface area contributed by atoms with E-state index in [1.54, 1.807) is 14.2 Å². The van der Waals surface area contributed by atoms with Crippen LogP contribution in [0.3, 0.4) is 0 Å². The van der Waals surface area contributed by atoms with Crippen molar-refractivity contribution in [3.05, 3.63) is 42.0 Å². The molecule has 0 amide bonds. The summed E-state index contributed by atoms with van der Waals surface area (Å²) in [4.78, 5) is 0. The number of aliphatic hydroxyl groups is 1. The second-order valence-electron chi connectivity index (χ2n) is 4.62. The summed E-state index contributed by atoms with van der Waals surface area (Å²) >= 11 is 0. The summed E-state index contributed by atoms with van der Waals surface area (Å²) in [6.45, 7) is 0.682. The quantitative estimate of drug-likeness (QED) is 0.810. The highest BCUT2D eigenvalue weighted by Crippen LogP contribution is 2.26. The second kappa shape index (κ2) is 6.55. The zero-order valence-corrected chi connectivity index (χ0v) is 11.4. The van der Waals surface area contributed by atoms with Crippen molar-refractivity contribution in [1.29, 1.82) is 0 Å². The van der Waals surface area contributed by atoms with E-state index in [2.05, 4.69) is 0 Å². The van der Waals surface area contributed by atoms with Crippen LogP contribution in [0.25, 0.3) is 10.8 Å². The van der Waals surface area contributed by atoms with Gasteiger partial charge in [-0.05, 0) is 47.4 Å². The number of aliphatic hydroxyl groups excluding tert-OH is 1. The summed E-state index contributed by atoms with van der Waals surface area (Å²) in [6, 6.07) is 12.0. The number of methoxy groups -OCH3 is 2. The fraction of sp³-hybridized carbons (Fsp3) is 0.375. The standard InChI is InChI=1S/C16H20O3/c1-18-9-3-4-16(17)14-6-5-13-11-15(19-2)8-7-12(13)10-14/h5-8,10-11,16-17H,3-4,9H2,1-2H3. The maximum absolute atomic E-state index is 10.1. The molecule has 0 radical (unpaired) electrons. The molecule has 0 aliphatic carbocycles. The Bertz CT molecular complexity index is 537. The minimum atomic E-state index is -0.429. The first-order chi connectivity index (χ1) is 9.24. The minimum absolute atomic E-state index is 0.429. The fourth-order valence-electron chi connectivity index (χ4n) is 2.16. The van der Waals surface area contributed by atoms with Crippen molar-refractivity contribution >= 4 is 10.8 Å². The van der Waals surface area contributed by atoms with Gasteiger partial charge < -0.3 is 14.6 Å². The molecule has 1 unspecified atom stereocenters. The van der Waals surface area contributed by atoms with Crippen LogP contribution in [0.4, 0.5) is 0 Å². The van der Waals surface area contributed by atoms with E-state index in [4.69, 9.17) is 9.47 Å². The maximum Gasteiger partial charge on any atom is 0.119 e. The molecule has 0 fully saturated rings. The fourth-order valence-corrected chi connectivity index (χ4v) is 2.16. The number of rotatable bonds is 6. The average molecular weight is 260 g/mol. The monoisotopic (exact) mass is 260 g/mol. The van der Waals surface area contributed by atoms with Gasteiger partial charge in [-0.25, -0.2) is 0 Å². The molecule has 2 rings (SSSR count). The molecular formula is C16H20O3. The minimum Gasteiger partial charge on any atom is -0.497 e. The Morgan fingerprint density at radius 3 is 2.53 bits per heavy atom. The maximum atomic E-state index is 10.1. The first-order valence-corrected chi connectivity index (χ1v) is 6.49. The van der Waals surface area contributed by atoms with Gasteiger partial charge >= 0.3 is 0 Å². The lowest BCUT2D eigenvalue weighted by atomic mass is 10.0. The summed E-state index contributed by atoms with van der Waals surface area (Å²) in [5.41, 5.74) is 0.953. The lowest BCUT2D eigenvalue weighted by Gasteiger charge is -2.12. The van der Waals surface area contributed by atoms with E-state index in [-0.39, 0.29) is 0 Å². The van der Waals surface area contributed by atoms with Gasteiger partial charge in [0.15, 0.2) is 0 Å². The smallest absolute Gasteiger partial charge is 0.119 e. The van der Waals surface area contributed by atoms with E-state index >= 15 is 0 Å². The van der Waals surface area contributed by atoms with Crippen LogP contribution in [-0.4, -0.2) is 25.9 Å². The predicted molar refractivity (Wildman–Crippen MR) is 76.6 cm³/mol. The Balaban J connectivity index is 2.16. The molecule has 0 aliphatic rings. The Morgan fingerprint density at radius 1 is 1.05 bits per heavy atom. The van der Waals surface area contributed by atoms with Gasteiger partial charge in [0.25, 0.3) is 0 Å². The highest BCUT2D eigenvalue weighted by atomic mass is 16.5. The van der Waals surface area contributed by atoms with Crippen molar-refractivity contribution in [2.75, 3.05) is 20.8 Å². The van der Waals surface area contributed by atoms with E-state index in [0.29, 0.717) is 6.61 Å². The largest absolute Gasteiger partial charge is 0.497 e. The summed E-state index contributed by atoms with van der Waals surface area (Å²) in [5, 5.41) is 12.4. The molecular weight excluding hydrogens is 240 g/mol. The number of ether oxygens (including phenoxy) is 2. The zero-order chi connectivity index (χ0) is 13.7. The summed E-state index contributed by atoms with van der Waals surface area (Å²) in [6.07, 6.45) is 1.15. The van der Waals surface area contributed by atoms with Crippen molar-refractivity contribution in [3.63, 3.8) is 0 Å². The first kappa shape index (κ1) is 13.8. The first-order valence-electron chi connectivity index (χ1n) is 6.49. The van der Waals surface area contributed by atoms with Crippen LogP contribution >= 0.6 is 0 Å². The Morgan fingerprint density at radius 2 is 1.79 bits per heavy atom. The van der Waals surface area contributed by atoms with Crippen LogP contribution in [0.15, 0.2) is 36.4 Å². The number of hydrogen-bond donors (Lipinski definition) is 1. The second-order valence-corrected chi connectivity index (χ2v) is 4.62. The lowest BCUT2D eigenvalue weighted by molar-refractivity contribution is 0.136. The topological polar surface area (TPSA) is 38.7 Å². The molecule has 102 valence electrons. The van der Waals surface area contributed by atoms with Crippen molar-refractivity contribution in [2.24, 2.45) is 0 Å². The van der Waals surface area contributed by atoms with E-state index < -0.39 is 6.10 Å². The molecule has 2 aromatic carbocycles. The van der Waals surface area contributed by atoms with Crippen molar-refractivity contribution in [2.45, 2.75) is 18.9 Å². The average Bonchev–Trinajstić information content (AvgIpc) is 2.46. The van der Waals surface area contributed by atoms with Crippen molar-refractivity contribution in [1.82, 2.24) is 0 Å². The van der Waals surface area contributed by atoms with Crippen molar-refractivity contribution < 1.29 is 14.6 Å². The van der Waals surface area contributed by atoms with Crippen LogP contribution in [0, 0.1) is 0 Å². The molecule has 0 spiro atoms. The Kier molecular flexibility index (Phi) is 4.77. The molecule has 1 N–H and O–H groups in total. The van der Waals surface area contributed by atoms with E-state index in [1.165, 1.54) is 0 Å². The third-order valence-corrected chi connectivity index (χ3v) is 3.28. The van der Waals surface area contributed by atoms with Gasteiger partial charge in [-0.1, -0.05) is 18.2 Å². The third kappa shape index (κ3) is 3.46. The molecule has 0 bridgehead atoms. The van der Waals surface area contributed by atoms with Crippen LogP contribution < -0.4 is 4.74 Å². The third-order valence-electron chi connectivity index (χ3n) is 3.28. The Hall–Kier alpha value is -1.58. The van der Waals surface area contributed by atoms with E-state index in [0.717, 1.165) is 34.9 Å². The highest BCUT2D eigenvalue weighted by molar-refractivity contribution is 5.84. The molecule has 0 aliphatic heterocycles. The normalized spacial score (nSPS) is 12.6. The molecule has 3 heteroatoms. The zero-order valence-electron chi connectivity index (χ0n) is 11.4. The predicted octanol–water partition coefficient (Wildman–Crippen LogP) is 3.31. The van der Waals surface area contributed by atoms with Gasteiger partial charge in [0.1, 0.15) is 5.75 Å². The number of fused-ring (bicyclic) bond motifs is 1. The van der Waals surface area contributed by atoms with Crippen LogP contribution in [-0.2, 0) is 4.74 Å². The molecule has 0 aromatic heterocycles. The summed E-state index contributed by atoms with van der Waals surface area (Å²) < 4.78 is 10.2. The summed E-state index contributed by atoms with van der Waals surface area (Å²) in [5.74, 6) is 0.848. The molecule has 2 aromatic rings. The van der Waals surface area contributed by atoms with E-state index in [1.807, 2.05) is 36.4 Å². The molecule has 0 heterocycles. The lowest BCUT2D eigenvalue weighted by Crippen LogP contribution is -1.99. The number of hydrogen-bond acceptors (Lipinski definition) is 3. The number of benzene rings is 2. The van der Waals surface area contributed by atoms with Crippen LogP contribution in [0.5, 0.6) is 5.75 Å². The Labute approximate surface area is 113 Å². The van der Waals surface area contributed by atoms with Gasteiger partial charge in [0, 0.05) is 13.7 Å². The van der Waals surface area contributed by atoms with Gasteiger partial charge in [0.05, 0.1) is 13.2 Å². The van der Waals surface area contributed by atoms with Gasteiger partial charge in [-0.3, -0.25) is 0 Å².